The molecule has 0 bridgehead atoms. The first kappa shape index (κ1) is 26.5. The van der Waals surface area contributed by atoms with Crippen LogP contribution < -0.4 is 16.5 Å². The maximum absolute atomic E-state index is 6.46. The Morgan fingerprint density at radius 2 is 1.31 bits per heavy atom. The molecule has 0 atom stereocenters. The van der Waals surface area contributed by atoms with Crippen molar-refractivity contribution < 1.29 is 0 Å². The third kappa shape index (κ3) is 7.47. The van der Waals surface area contributed by atoms with Crippen LogP contribution in [0.25, 0.3) is 11.4 Å². The highest BCUT2D eigenvalue weighted by atomic mass is 15.4. The summed E-state index contributed by atoms with van der Waals surface area (Å²) in [6, 6.07) is 16.4. The summed E-state index contributed by atoms with van der Waals surface area (Å²) >= 11 is 0. The summed E-state index contributed by atoms with van der Waals surface area (Å²) in [6.07, 6.45) is 2.50. The quantitative estimate of drug-likeness (QED) is 0.451. The van der Waals surface area contributed by atoms with Crippen LogP contribution in [0.5, 0.6) is 0 Å². The molecule has 0 amide bonds. The van der Waals surface area contributed by atoms with E-state index in [-0.39, 0.29) is 0 Å². The van der Waals surface area contributed by atoms with E-state index in [9.17, 15) is 0 Å². The van der Waals surface area contributed by atoms with E-state index in [2.05, 4.69) is 63.9 Å². The molecule has 4 N–H and O–H groups in total. The van der Waals surface area contributed by atoms with E-state index >= 15 is 0 Å². The average molecular weight is 399 g/mol. The number of hydrogen-bond acceptors (Lipinski definition) is 4. The van der Waals surface area contributed by atoms with Gasteiger partial charge in [0.2, 0.25) is 0 Å². The number of hydrogen-bond donors (Lipinski definition) is 2. The van der Waals surface area contributed by atoms with E-state index < -0.39 is 0 Å². The maximum Gasteiger partial charge on any atom is 0.0843 e. The van der Waals surface area contributed by atoms with Gasteiger partial charge in [0.15, 0.2) is 0 Å². The molecular formula is C25H42N4. The zero-order valence-electron chi connectivity index (χ0n) is 19.8. The molecule has 2 aromatic carbocycles. The SMILES string of the molecule is CC.CCC.CCC.CN(N)/C1=C(\N)c2ccccc2CN(C)c2ccccc21. The third-order valence-corrected chi connectivity index (χ3v) is 3.89. The molecule has 0 aliphatic carbocycles. The second-order valence-corrected chi connectivity index (χ2v) is 6.82. The summed E-state index contributed by atoms with van der Waals surface area (Å²) in [6.45, 7) is 13.3. The van der Waals surface area contributed by atoms with Crippen LogP contribution in [0.2, 0.25) is 0 Å². The molecule has 0 fully saturated rings. The van der Waals surface area contributed by atoms with Gasteiger partial charge in [0.05, 0.1) is 11.4 Å². The molecule has 0 unspecified atom stereocenters. The van der Waals surface area contributed by atoms with Crippen molar-refractivity contribution in [2.75, 3.05) is 19.0 Å². The number of anilines is 1. The minimum Gasteiger partial charge on any atom is -0.396 e. The first-order chi connectivity index (χ1) is 13.9. The number of para-hydroxylation sites is 1. The van der Waals surface area contributed by atoms with Gasteiger partial charge in [0.25, 0.3) is 0 Å². The van der Waals surface area contributed by atoms with Gasteiger partial charge in [-0.25, -0.2) is 5.84 Å². The van der Waals surface area contributed by atoms with Crippen molar-refractivity contribution in [3.8, 4) is 0 Å². The Bertz CT molecular complexity index is 733. The van der Waals surface area contributed by atoms with E-state index in [4.69, 9.17) is 11.6 Å². The number of nitrogens with zero attached hydrogens (tertiary/aromatic N) is 2. The Kier molecular flexibility index (Phi) is 13.3. The fraction of sp³-hybridized carbons (Fsp3) is 0.440. The second kappa shape index (κ2) is 14.5. The van der Waals surface area contributed by atoms with Crippen LogP contribution in [-0.2, 0) is 6.54 Å². The number of benzene rings is 2. The van der Waals surface area contributed by atoms with E-state index in [1.807, 2.05) is 45.2 Å². The van der Waals surface area contributed by atoms with Crippen LogP contribution in [0.3, 0.4) is 0 Å². The Hall–Kier alpha value is -2.46. The topological polar surface area (TPSA) is 58.5 Å². The van der Waals surface area contributed by atoms with Crippen LogP contribution in [0.15, 0.2) is 48.5 Å². The van der Waals surface area contributed by atoms with Crippen molar-refractivity contribution in [3.05, 3.63) is 65.2 Å². The van der Waals surface area contributed by atoms with E-state index in [1.165, 1.54) is 18.4 Å². The summed E-state index contributed by atoms with van der Waals surface area (Å²) in [5, 5.41) is 1.60. The maximum atomic E-state index is 6.46. The van der Waals surface area contributed by atoms with Crippen LogP contribution in [0.4, 0.5) is 5.69 Å². The summed E-state index contributed by atoms with van der Waals surface area (Å²) in [7, 11) is 3.91. The highest BCUT2D eigenvalue weighted by Gasteiger charge is 2.21. The van der Waals surface area contributed by atoms with Gasteiger partial charge in [-0.3, -0.25) is 0 Å². The molecule has 3 rings (SSSR count). The molecule has 0 aromatic heterocycles. The molecule has 1 aliphatic rings. The van der Waals surface area contributed by atoms with Crippen molar-refractivity contribution in [1.82, 2.24) is 5.01 Å². The molecule has 0 radical (unpaired) electrons. The molecule has 4 nitrogen and oxygen atoms in total. The Labute approximate surface area is 179 Å². The predicted molar refractivity (Wildman–Crippen MR) is 131 cm³/mol. The zero-order chi connectivity index (χ0) is 22.4. The minimum atomic E-state index is 0.719. The van der Waals surface area contributed by atoms with Crippen LogP contribution in [0.1, 0.15) is 71.1 Å². The fourth-order valence-electron chi connectivity index (χ4n) is 2.92. The standard InChI is InChI=1S/C17H20N4.2C3H8.C2H6/c1-20-11-12-7-3-4-8-13(12)16(18)17(21(2)19)14-9-5-6-10-15(14)20;2*1-3-2;1-2/h3-10H,11,18-19H2,1-2H3;2*3H2,1-2H3;1-2H3/b17-16-;;;. The number of nitrogens with two attached hydrogens (primary N) is 2. The van der Waals surface area contributed by atoms with E-state index in [0.717, 1.165) is 34.8 Å². The molecule has 1 aliphatic heterocycles. The first-order valence-electron chi connectivity index (χ1n) is 10.8. The van der Waals surface area contributed by atoms with Gasteiger partial charge >= 0.3 is 0 Å². The summed E-state index contributed by atoms with van der Waals surface area (Å²) < 4.78 is 0. The predicted octanol–water partition coefficient (Wildman–Crippen LogP) is 6.09. The summed E-state index contributed by atoms with van der Waals surface area (Å²) in [4.78, 5) is 2.23. The van der Waals surface area contributed by atoms with Gasteiger partial charge in [-0.15, -0.1) is 0 Å². The molecule has 162 valence electrons. The van der Waals surface area contributed by atoms with Gasteiger partial charge in [-0.1, -0.05) is 96.8 Å². The van der Waals surface area contributed by atoms with Crippen molar-refractivity contribution in [1.29, 1.82) is 0 Å². The van der Waals surface area contributed by atoms with Crippen molar-refractivity contribution in [2.24, 2.45) is 11.6 Å². The minimum absolute atomic E-state index is 0.719. The highest BCUT2D eigenvalue weighted by Crippen LogP contribution is 2.35. The monoisotopic (exact) mass is 398 g/mol. The average Bonchev–Trinajstić information content (AvgIpc) is 2.70. The molecule has 1 heterocycles. The van der Waals surface area contributed by atoms with Crippen molar-refractivity contribution in [3.63, 3.8) is 0 Å². The largest absolute Gasteiger partial charge is 0.396 e. The molecule has 29 heavy (non-hydrogen) atoms. The molecule has 2 aromatic rings. The van der Waals surface area contributed by atoms with Crippen LogP contribution in [-0.4, -0.2) is 19.1 Å². The number of hydrazine groups is 1. The van der Waals surface area contributed by atoms with Gasteiger partial charge in [-0.05, 0) is 11.6 Å². The summed E-state index contributed by atoms with van der Waals surface area (Å²) in [5.41, 5.74) is 12.5. The van der Waals surface area contributed by atoms with Gasteiger partial charge < -0.3 is 15.6 Å². The lowest BCUT2D eigenvalue weighted by Gasteiger charge is -2.30. The van der Waals surface area contributed by atoms with Gasteiger partial charge in [-0.2, -0.15) is 0 Å². The molecule has 0 saturated heterocycles. The number of fused-ring (bicyclic) bond motifs is 2. The first-order valence-corrected chi connectivity index (χ1v) is 10.8. The molecular weight excluding hydrogens is 356 g/mol. The fourth-order valence-corrected chi connectivity index (χ4v) is 2.92. The van der Waals surface area contributed by atoms with Crippen LogP contribution in [0, 0.1) is 0 Å². The lowest BCUT2D eigenvalue weighted by molar-refractivity contribution is 0.511. The highest BCUT2D eigenvalue weighted by molar-refractivity contribution is 5.93. The Morgan fingerprint density at radius 3 is 1.83 bits per heavy atom. The van der Waals surface area contributed by atoms with Gasteiger partial charge in [0, 0.05) is 37.5 Å². The molecule has 4 heteroatoms. The smallest absolute Gasteiger partial charge is 0.0843 e. The van der Waals surface area contributed by atoms with E-state index in [0.29, 0.717) is 0 Å². The number of rotatable bonds is 1. The Balaban J connectivity index is 0.000000858. The lowest BCUT2D eigenvalue weighted by atomic mass is 9.96. The second-order valence-electron chi connectivity index (χ2n) is 6.82. The molecule has 0 saturated carbocycles. The van der Waals surface area contributed by atoms with Crippen molar-refractivity contribution >= 4 is 17.1 Å². The lowest BCUT2D eigenvalue weighted by Crippen LogP contribution is -2.30. The summed E-state index contributed by atoms with van der Waals surface area (Å²) in [5.74, 6) is 6.07. The normalized spacial score (nSPS) is 14.2. The van der Waals surface area contributed by atoms with Gasteiger partial charge in [0.1, 0.15) is 0 Å². The zero-order valence-corrected chi connectivity index (χ0v) is 19.8. The Morgan fingerprint density at radius 1 is 0.862 bits per heavy atom. The third-order valence-electron chi connectivity index (χ3n) is 3.89. The van der Waals surface area contributed by atoms with Crippen LogP contribution >= 0.6 is 0 Å². The molecule has 0 spiro atoms. The van der Waals surface area contributed by atoms with E-state index in [1.54, 1.807) is 5.01 Å². The van der Waals surface area contributed by atoms with Crippen molar-refractivity contribution in [2.45, 2.75) is 60.9 Å².